The van der Waals surface area contributed by atoms with Gasteiger partial charge in [0.15, 0.2) is 24.4 Å². The minimum absolute atomic E-state index is 0.00430. The first-order valence-electron chi connectivity index (χ1n) is 18.8. The second-order valence-corrected chi connectivity index (χ2v) is 13.0. The Hall–Kier alpha value is -7.86. The molecule has 0 spiro atoms. The van der Waals surface area contributed by atoms with E-state index in [9.17, 15) is 24.0 Å². The number of carbonyl (C=O) groups is 5. The van der Waals surface area contributed by atoms with E-state index in [4.69, 9.17) is 28.5 Å². The summed E-state index contributed by atoms with van der Waals surface area (Å²) in [7, 11) is 0. The van der Waals surface area contributed by atoms with Crippen LogP contribution in [-0.2, 0) is 35.1 Å². The minimum Gasteiger partial charge on any atom is -0.458 e. The number of nitrogens with zero attached hydrogens (tertiary/aromatic N) is 1. The smallest absolute Gasteiger partial charge is 0.338 e. The first-order chi connectivity index (χ1) is 29.4. The molecule has 6 aromatic carbocycles. The zero-order valence-electron chi connectivity index (χ0n) is 32.1. The Labute approximate surface area is 345 Å². The molecule has 0 fully saturated rings. The highest BCUT2D eigenvalue weighted by atomic mass is 16.6. The van der Waals surface area contributed by atoms with Crippen molar-refractivity contribution in [1.82, 2.24) is 0 Å². The Morgan fingerprint density at radius 1 is 0.417 bits per heavy atom. The molecule has 12 heteroatoms. The first kappa shape index (κ1) is 41.8. The molecule has 0 heterocycles. The van der Waals surface area contributed by atoms with E-state index in [-0.39, 0.29) is 34.4 Å². The van der Waals surface area contributed by atoms with Gasteiger partial charge in [-0.1, -0.05) is 126 Å². The standard InChI is InChI=1S/C48H39NO11/c50-44(35-21-9-2-10-22-35)55-33-41(58-46(52)37-25-13-4-14-26-37)43(60-48(54)39-29-17-6-18-30-39)42(59-47(53)38-27-15-5-16-28-38)40(57-45(51)36-23-11-3-12-24-36)31-49-56-32-34-19-7-1-8-20-34/h1-31,40-43H,32-33H2/b49-31-/t40-,41+,42+,43+/m0/s1. The van der Waals surface area contributed by atoms with Crippen LogP contribution in [0.3, 0.4) is 0 Å². The monoisotopic (exact) mass is 805 g/mol. The molecule has 0 aromatic heterocycles. The molecule has 60 heavy (non-hydrogen) atoms. The van der Waals surface area contributed by atoms with E-state index in [1.165, 1.54) is 60.7 Å². The van der Waals surface area contributed by atoms with Gasteiger partial charge in [-0.05, 0) is 66.2 Å². The topological polar surface area (TPSA) is 153 Å². The summed E-state index contributed by atoms with van der Waals surface area (Å²) >= 11 is 0. The lowest BCUT2D eigenvalue weighted by Crippen LogP contribution is -2.54. The lowest BCUT2D eigenvalue weighted by atomic mass is 10.0. The van der Waals surface area contributed by atoms with Crippen LogP contribution in [0.5, 0.6) is 0 Å². The molecule has 6 aromatic rings. The molecular formula is C48H39NO11. The van der Waals surface area contributed by atoms with E-state index in [1.807, 2.05) is 30.3 Å². The summed E-state index contributed by atoms with van der Waals surface area (Å²) in [6.45, 7) is -0.718. The molecular weight excluding hydrogens is 767 g/mol. The number of hydrogen-bond acceptors (Lipinski definition) is 12. The van der Waals surface area contributed by atoms with Crippen LogP contribution in [0.25, 0.3) is 0 Å². The van der Waals surface area contributed by atoms with Gasteiger partial charge in [0.2, 0.25) is 0 Å². The lowest BCUT2D eigenvalue weighted by molar-refractivity contribution is -0.120. The third-order valence-electron chi connectivity index (χ3n) is 8.78. The highest BCUT2D eigenvalue weighted by molar-refractivity contribution is 5.93. The molecule has 0 aliphatic rings. The Morgan fingerprint density at radius 3 is 1.20 bits per heavy atom. The Kier molecular flexibility index (Phi) is 15.0. The van der Waals surface area contributed by atoms with Gasteiger partial charge in [-0.2, -0.15) is 0 Å². The summed E-state index contributed by atoms with van der Waals surface area (Å²) in [5.74, 6) is -4.46. The maximum Gasteiger partial charge on any atom is 0.338 e. The van der Waals surface area contributed by atoms with Gasteiger partial charge in [0.1, 0.15) is 13.2 Å². The molecule has 0 aliphatic carbocycles. The van der Waals surface area contributed by atoms with E-state index in [0.717, 1.165) is 11.8 Å². The highest BCUT2D eigenvalue weighted by Gasteiger charge is 2.45. The summed E-state index contributed by atoms with van der Waals surface area (Å²) in [6, 6.07) is 48.8. The zero-order chi connectivity index (χ0) is 41.9. The molecule has 0 N–H and O–H groups in total. The summed E-state index contributed by atoms with van der Waals surface area (Å²) in [5, 5.41) is 4.09. The van der Waals surface area contributed by atoms with Crippen molar-refractivity contribution in [3.8, 4) is 0 Å². The van der Waals surface area contributed by atoms with Crippen LogP contribution in [-0.4, -0.2) is 67.1 Å². The van der Waals surface area contributed by atoms with E-state index in [1.54, 1.807) is 91.0 Å². The van der Waals surface area contributed by atoms with Crippen LogP contribution < -0.4 is 0 Å². The van der Waals surface area contributed by atoms with Gasteiger partial charge in [-0.15, -0.1) is 0 Å². The maximum atomic E-state index is 14.0. The summed E-state index contributed by atoms with van der Waals surface area (Å²) < 4.78 is 30.0. The average molecular weight is 806 g/mol. The predicted octanol–water partition coefficient (Wildman–Crippen LogP) is 7.95. The Bertz CT molecular complexity index is 2330. The quantitative estimate of drug-likeness (QED) is 0.0360. The molecule has 0 bridgehead atoms. The number of carbonyl (C=O) groups excluding carboxylic acids is 5. The molecule has 0 aliphatic heterocycles. The SMILES string of the molecule is O=C(OC[C@@H](OC(=O)c1ccccc1)[C@@H](OC(=O)c1ccccc1)[C@H](OC(=O)c1ccccc1)[C@H](/C=N\OCc1ccccc1)OC(=O)c1ccccc1)c1ccccc1. The van der Waals surface area contributed by atoms with Crippen molar-refractivity contribution in [2.45, 2.75) is 31.0 Å². The summed E-state index contributed by atoms with van der Waals surface area (Å²) in [4.78, 5) is 74.7. The minimum atomic E-state index is -1.85. The van der Waals surface area contributed by atoms with Crippen LogP contribution >= 0.6 is 0 Å². The number of ether oxygens (including phenoxy) is 5. The van der Waals surface area contributed by atoms with E-state index < -0.39 is 60.9 Å². The molecule has 0 saturated heterocycles. The fraction of sp³-hybridized carbons (Fsp3) is 0.125. The van der Waals surface area contributed by atoms with Crippen molar-refractivity contribution in [2.75, 3.05) is 6.61 Å². The molecule has 302 valence electrons. The summed E-state index contributed by atoms with van der Waals surface area (Å²) in [5.41, 5.74) is 1.31. The molecule has 0 unspecified atom stereocenters. The number of esters is 5. The number of rotatable bonds is 18. The fourth-order valence-corrected chi connectivity index (χ4v) is 5.74. The summed E-state index contributed by atoms with van der Waals surface area (Å²) in [6.07, 6.45) is -6.02. The molecule has 4 atom stereocenters. The fourth-order valence-electron chi connectivity index (χ4n) is 5.74. The van der Waals surface area contributed by atoms with Crippen LogP contribution in [0, 0.1) is 0 Å². The van der Waals surface area contributed by atoms with Crippen LogP contribution in [0.15, 0.2) is 187 Å². The van der Waals surface area contributed by atoms with Gasteiger partial charge in [-0.3, -0.25) is 0 Å². The van der Waals surface area contributed by atoms with Crippen molar-refractivity contribution >= 4 is 36.1 Å². The van der Waals surface area contributed by atoms with E-state index >= 15 is 0 Å². The van der Waals surface area contributed by atoms with Gasteiger partial charge in [0, 0.05) is 0 Å². The maximum absolute atomic E-state index is 14.0. The first-order valence-corrected chi connectivity index (χ1v) is 18.8. The van der Waals surface area contributed by atoms with Gasteiger partial charge in [0.25, 0.3) is 0 Å². The zero-order valence-corrected chi connectivity index (χ0v) is 32.1. The Balaban J connectivity index is 1.47. The second-order valence-electron chi connectivity index (χ2n) is 13.0. The molecule has 6 rings (SSSR count). The molecule has 0 radical (unpaired) electrons. The molecule has 12 nitrogen and oxygen atoms in total. The van der Waals surface area contributed by atoms with E-state index in [0.29, 0.717) is 0 Å². The van der Waals surface area contributed by atoms with Crippen LogP contribution in [0.2, 0.25) is 0 Å². The highest BCUT2D eigenvalue weighted by Crippen LogP contribution is 2.24. The molecule has 0 saturated carbocycles. The Morgan fingerprint density at radius 2 is 0.767 bits per heavy atom. The van der Waals surface area contributed by atoms with Crippen LogP contribution in [0.1, 0.15) is 57.4 Å². The lowest BCUT2D eigenvalue weighted by Gasteiger charge is -2.34. The number of hydrogen-bond donors (Lipinski definition) is 0. The van der Waals surface area contributed by atoms with Gasteiger partial charge >= 0.3 is 29.8 Å². The molecule has 0 amide bonds. The van der Waals surface area contributed by atoms with Crippen molar-refractivity contribution in [2.24, 2.45) is 5.16 Å². The normalized spacial score (nSPS) is 12.8. The largest absolute Gasteiger partial charge is 0.458 e. The van der Waals surface area contributed by atoms with Crippen LogP contribution in [0.4, 0.5) is 0 Å². The second kappa shape index (κ2) is 21.6. The van der Waals surface area contributed by atoms with Gasteiger partial charge in [0.05, 0.1) is 34.0 Å². The van der Waals surface area contributed by atoms with Crippen molar-refractivity contribution < 1.29 is 52.5 Å². The van der Waals surface area contributed by atoms with Crippen molar-refractivity contribution in [3.05, 3.63) is 215 Å². The third kappa shape index (κ3) is 12.1. The average Bonchev–Trinajstić information content (AvgIpc) is 3.31. The van der Waals surface area contributed by atoms with Crippen molar-refractivity contribution in [3.63, 3.8) is 0 Å². The number of benzene rings is 6. The van der Waals surface area contributed by atoms with Gasteiger partial charge < -0.3 is 28.5 Å². The third-order valence-corrected chi connectivity index (χ3v) is 8.78. The van der Waals surface area contributed by atoms with E-state index in [2.05, 4.69) is 5.16 Å². The number of oxime groups is 1. The van der Waals surface area contributed by atoms with Crippen molar-refractivity contribution in [1.29, 1.82) is 0 Å². The predicted molar refractivity (Wildman–Crippen MR) is 219 cm³/mol. The van der Waals surface area contributed by atoms with Gasteiger partial charge in [-0.25, -0.2) is 24.0 Å².